The number of carbonyl (C=O) groups excluding carboxylic acids is 3. The van der Waals surface area contributed by atoms with Crippen LogP contribution in [0, 0.1) is 5.92 Å². The minimum absolute atomic E-state index is 0.0468. The van der Waals surface area contributed by atoms with E-state index in [1.165, 1.54) is 7.11 Å². The van der Waals surface area contributed by atoms with Gasteiger partial charge in [0.25, 0.3) is 5.91 Å². The molecule has 2 aliphatic rings. The highest BCUT2D eigenvalue weighted by molar-refractivity contribution is 5.91. The molecule has 4 aromatic carbocycles. The molecule has 0 radical (unpaired) electrons. The number of aromatic nitrogens is 4. The molecule has 2 aliphatic heterocycles. The molecule has 2 aromatic heterocycles. The van der Waals surface area contributed by atoms with Gasteiger partial charge in [0.2, 0.25) is 5.91 Å². The van der Waals surface area contributed by atoms with Crippen LogP contribution in [-0.2, 0) is 19.1 Å². The van der Waals surface area contributed by atoms with Gasteiger partial charge in [0.1, 0.15) is 17.7 Å². The van der Waals surface area contributed by atoms with Gasteiger partial charge in [-0.15, -0.1) is 0 Å². The molecule has 0 spiro atoms. The van der Waals surface area contributed by atoms with Crippen LogP contribution in [0.15, 0.2) is 103 Å². The van der Waals surface area contributed by atoms with Crippen molar-refractivity contribution >= 4 is 28.7 Å². The second-order valence-corrected chi connectivity index (χ2v) is 15.5. The van der Waals surface area contributed by atoms with Gasteiger partial charge in [0.05, 0.1) is 43.0 Å². The van der Waals surface area contributed by atoms with Crippen LogP contribution in [-0.4, -0.2) is 81.0 Å². The molecular formula is C46H49N7O5. The Bertz CT molecular complexity index is 2410. The molecule has 6 aromatic rings. The maximum absolute atomic E-state index is 13.6. The van der Waals surface area contributed by atoms with Gasteiger partial charge in [-0.1, -0.05) is 92.7 Å². The molecule has 12 nitrogen and oxygen atoms in total. The van der Waals surface area contributed by atoms with Gasteiger partial charge in [-0.2, -0.15) is 0 Å². The average molecular weight is 780 g/mol. The van der Waals surface area contributed by atoms with Crippen molar-refractivity contribution in [1.29, 1.82) is 0 Å². The largest absolute Gasteiger partial charge is 0.453 e. The Kier molecular flexibility index (Phi) is 11.1. The van der Waals surface area contributed by atoms with Gasteiger partial charge in [-0.3, -0.25) is 9.59 Å². The van der Waals surface area contributed by atoms with Gasteiger partial charge in [0, 0.05) is 25.8 Å². The predicted octanol–water partition coefficient (Wildman–Crippen LogP) is 8.38. The summed E-state index contributed by atoms with van der Waals surface area (Å²) in [6.45, 7) is 5.09. The summed E-state index contributed by atoms with van der Waals surface area (Å²) >= 11 is 0. The third-order valence-electron chi connectivity index (χ3n) is 11.5. The first-order valence-electron chi connectivity index (χ1n) is 20.0. The zero-order chi connectivity index (χ0) is 40.3. The van der Waals surface area contributed by atoms with Crippen molar-refractivity contribution in [3.8, 4) is 33.6 Å². The molecule has 12 heteroatoms. The Morgan fingerprint density at radius 3 is 1.81 bits per heavy atom. The number of aromatic amines is 2. The number of hydrogen-bond donors (Lipinski definition) is 3. The molecule has 4 unspecified atom stereocenters. The Balaban J connectivity index is 0.941. The number of rotatable bonds is 11. The molecule has 2 fully saturated rings. The topological polar surface area (TPSA) is 146 Å². The van der Waals surface area contributed by atoms with Crippen molar-refractivity contribution in [2.75, 3.05) is 27.3 Å². The summed E-state index contributed by atoms with van der Waals surface area (Å²) in [5, 5.41) is 4.93. The second kappa shape index (κ2) is 16.7. The number of carbonyl (C=O) groups is 3. The number of hydrogen-bond acceptors (Lipinski definition) is 7. The van der Waals surface area contributed by atoms with Gasteiger partial charge in [-0.05, 0) is 76.8 Å². The van der Waals surface area contributed by atoms with Crippen molar-refractivity contribution < 1.29 is 23.9 Å². The smallest absolute Gasteiger partial charge is 0.407 e. The van der Waals surface area contributed by atoms with Crippen LogP contribution in [0.1, 0.15) is 74.9 Å². The normalized spacial score (nSPS) is 17.8. The highest BCUT2D eigenvalue weighted by atomic mass is 16.5. The molecule has 58 heavy (non-hydrogen) atoms. The molecule has 0 saturated carbocycles. The fourth-order valence-electron chi connectivity index (χ4n) is 8.41. The molecule has 4 heterocycles. The summed E-state index contributed by atoms with van der Waals surface area (Å²) in [5.41, 5.74) is 6.86. The van der Waals surface area contributed by atoms with E-state index in [9.17, 15) is 14.4 Å². The molecule has 298 valence electrons. The number of likely N-dealkylation sites (tertiary alicyclic amines) is 2. The number of fused-ring (bicyclic) bond motifs is 1. The summed E-state index contributed by atoms with van der Waals surface area (Å²) in [6, 6.07) is 29.9. The van der Waals surface area contributed by atoms with Crippen molar-refractivity contribution in [2.45, 2.75) is 63.8 Å². The second-order valence-electron chi connectivity index (χ2n) is 15.5. The van der Waals surface area contributed by atoms with E-state index in [-0.39, 0.29) is 29.8 Å². The van der Waals surface area contributed by atoms with E-state index >= 15 is 0 Å². The van der Waals surface area contributed by atoms with Crippen LogP contribution in [0.4, 0.5) is 4.79 Å². The van der Waals surface area contributed by atoms with E-state index in [0.717, 1.165) is 87.3 Å². The molecule has 0 aliphatic carbocycles. The van der Waals surface area contributed by atoms with E-state index in [0.29, 0.717) is 13.1 Å². The zero-order valence-corrected chi connectivity index (χ0v) is 33.3. The standard InChI is InChI=1S/C46H49N7O5/c1-28(2)40(51-46(56)58-4)44(54)52-22-8-12-38(52)42-48-27-37(50-42)35-21-20-33-24-32(18-19-34(33)25-35)29-14-16-30(17-15-29)36-26-47-43(49-36)39-13-9-23-53(39)45(55)41(57-3)31-10-6-5-7-11-31/h5-7,10-11,14-21,24-28,38-41H,8-9,12-13,22-23H2,1-4H3,(H,47,49)(H,48,50)(H,51,56). The molecular weight excluding hydrogens is 731 g/mol. The first kappa shape index (κ1) is 38.6. The summed E-state index contributed by atoms with van der Waals surface area (Å²) in [5.74, 6) is 1.25. The van der Waals surface area contributed by atoms with E-state index in [4.69, 9.17) is 19.4 Å². The number of ether oxygens (including phenoxy) is 2. The Labute approximate surface area is 338 Å². The molecule has 4 atom stereocenters. The number of nitrogens with one attached hydrogen (secondary N) is 3. The lowest BCUT2D eigenvalue weighted by atomic mass is 9.98. The maximum atomic E-state index is 13.6. The third-order valence-corrected chi connectivity index (χ3v) is 11.5. The fourth-order valence-corrected chi connectivity index (χ4v) is 8.41. The first-order valence-corrected chi connectivity index (χ1v) is 20.0. The van der Waals surface area contributed by atoms with E-state index in [1.807, 2.05) is 66.4 Å². The first-order chi connectivity index (χ1) is 28.2. The van der Waals surface area contributed by atoms with E-state index < -0.39 is 18.2 Å². The number of H-pyrrole nitrogens is 2. The van der Waals surface area contributed by atoms with Gasteiger partial charge in [0.15, 0.2) is 6.10 Å². The summed E-state index contributed by atoms with van der Waals surface area (Å²) < 4.78 is 10.4. The SMILES string of the molecule is COC(=O)NC(C(=O)N1CCCC1c1ncc(-c2ccc3cc(-c4ccc(-c5cnc(C6CCCN6C(=O)C(OC)c6ccccc6)[nH]5)cc4)ccc3c2)[nH]1)C(C)C. The minimum Gasteiger partial charge on any atom is -0.453 e. The van der Waals surface area contributed by atoms with Crippen LogP contribution in [0.25, 0.3) is 44.4 Å². The van der Waals surface area contributed by atoms with Crippen molar-refractivity contribution in [3.05, 3.63) is 121 Å². The van der Waals surface area contributed by atoms with Crippen LogP contribution in [0.3, 0.4) is 0 Å². The summed E-state index contributed by atoms with van der Waals surface area (Å²) in [6.07, 6.45) is 5.81. The van der Waals surface area contributed by atoms with Crippen LogP contribution < -0.4 is 5.32 Å². The van der Waals surface area contributed by atoms with Crippen molar-refractivity contribution in [3.63, 3.8) is 0 Å². The number of methoxy groups -OCH3 is 2. The van der Waals surface area contributed by atoms with E-state index in [2.05, 4.69) is 75.9 Å². The molecule has 0 bridgehead atoms. The summed E-state index contributed by atoms with van der Waals surface area (Å²) in [7, 11) is 2.88. The zero-order valence-electron chi connectivity index (χ0n) is 33.3. The number of nitrogens with zero attached hydrogens (tertiary/aromatic N) is 4. The average Bonchev–Trinajstić information content (AvgIpc) is 4.10. The molecule has 2 saturated heterocycles. The van der Waals surface area contributed by atoms with Crippen molar-refractivity contribution in [1.82, 2.24) is 35.1 Å². The molecule has 3 amide bonds. The molecule has 8 rings (SSSR count). The Morgan fingerprint density at radius 2 is 1.22 bits per heavy atom. The van der Waals surface area contributed by atoms with Gasteiger partial charge in [-0.25, -0.2) is 14.8 Å². The van der Waals surface area contributed by atoms with Crippen LogP contribution in [0.2, 0.25) is 0 Å². The lowest BCUT2D eigenvalue weighted by molar-refractivity contribution is -0.143. The van der Waals surface area contributed by atoms with Gasteiger partial charge >= 0.3 is 6.09 Å². The van der Waals surface area contributed by atoms with Gasteiger partial charge < -0.3 is 34.6 Å². The lowest BCUT2D eigenvalue weighted by Gasteiger charge is -2.30. The highest BCUT2D eigenvalue weighted by Crippen LogP contribution is 2.36. The number of benzene rings is 4. The number of amides is 3. The highest BCUT2D eigenvalue weighted by Gasteiger charge is 2.38. The third kappa shape index (κ3) is 7.71. The lowest BCUT2D eigenvalue weighted by Crippen LogP contribution is -2.51. The number of imidazole rings is 2. The van der Waals surface area contributed by atoms with E-state index in [1.54, 1.807) is 7.11 Å². The predicted molar refractivity (Wildman–Crippen MR) is 222 cm³/mol. The Hall–Kier alpha value is -6.27. The fraction of sp³-hybridized carbons (Fsp3) is 0.326. The van der Waals surface area contributed by atoms with Crippen molar-refractivity contribution in [2.24, 2.45) is 5.92 Å². The van der Waals surface area contributed by atoms with Crippen LogP contribution >= 0.6 is 0 Å². The molecule has 3 N–H and O–H groups in total. The maximum Gasteiger partial charge on any atom is 0.407 e. The summed E-state index contributed by atoms with van der Waals surface area (Å²) in [4.78, 5) is 59.4. The Morgan fingerprint density at radius 1 is 0.690 bits per heavy atom. The quantitative estimate of drug-likeness (QED) is 0.120. The minimum atomic E-state index is -0.682. The monoisotopic (exact) mass is 779 g/mol. The number of alkyl carbamates (subject to hydrolysis) is 1. The van der Waals surface area contributed by atoms with Crippen LogP contribution in [0.5, 0.6) is 0 Å².